The first-order valence-corrected chi connectivity index (χ1v) is 6.95. The highest BCUT2D eigenvalue weighted by atomic mass is 16.4. The van der Waals surface area contributed by atoms with Crippen molar-refractivity contribution >= 4 is 5.97 Å². The summed E-state index contributed by atoms with van der Waals surface area (Å²) in [5.74, 6) is -0.306. The van der Waals surface area contributed by atoms with Crippen LogP contribution in [0.4, 0.5) is 0 Å². The second-order valence-corrected chi connectivity index (χ2v) is 5.46. The molecule has 0 bridgehead atoms. The number of carboxylic acid groups (broad SMARTS) is 1. The Hall–Kier alpha value is -1.75. The number of carboxylic acids is 1. The third-order valence-corrected chi connectivity index (χ3v) is 4.14. The summed E-state index contributed by atoms with van der Waals surface area (Å²) in [6, 6.07) is 4.67. The third-order valence-electron chi connectivity index (χ3n) is 4.14. The van der Waals surface area contributed by atoms with Gasteiger partial charge in [-0.1, -0.05) is 6.07 Å². The predicted molar refractivity (Wildman–Crippen MR) is 74.7 cm³/mol. The zero-order valence-electron chi connectivity index (χ0n) is 11.6. The van der Waals surface area contributed by atoms with E-state index in [-0.39, 0.29) is 29.9 Å². The molecule has 5 nitrogen and oxygen atoms in total. The average Bonchev–Trinajstić information content (AvgIpc) is 2.38. The Morgan fingerprint density at radius 1 is 1.30 bits per heavy atom. The molecule has 1 aromatic rings. The van der Waals surface area contributed by atoms with Gasteiger partial charge in [-0.2, -0.15) is 0 Å². The molecule has 0 radical (unpaired) electrons. The van der Waals surface area contributed by atoms with E-state index in [1.165, 1.54) is 0 Å². The minimum Gasteiger partial charge on any atom is -0.507 e. The molecule has 1 fully saturated rings. The molecule has 0 aromatic heterocycles. The number of nitrogens with zero attached hydrogens (tertiary/aromatic N) is 1. The third kappa shape index (κ3) is 3.22. The van der Waals surface area contributed by atoms with Gasteiger partial charge in [-0.3, -0.25) is 9.69 Å². The summed E-state index contributed by atoms with van der Waals surface area (Å²) in [5.41, 5.74) is 0.546. The lowest BCUT2D eigenvalue weighted by molar-refractivity contribution is -0.138. The van der Waals surface area contributed by atoms with Crippen molar-refractivity contribution in [2.75, 3.05) is 13.1 Å². The maximum absolute atomic E-state index is 10.7. The zero-order valence-corrected chi connectivity index (χ0v) is 11.6. The molecule has 110 valence electrons. The van der Waals surface area contributed by atoms with E-state index in [9.17, 15) is 15.0 Å². The van der Waals surface area contributed by atoms with E-state index < -0.39 is 5.97 Å². The molecule has 2 rings (SSSR count). The van der Waals surface area contributed by atoms with Gasteiger partial charge in [0.15, 0.2) is 0 Å². The van der Waals surface area contributed by atoms with Crippen molar-refractivity contribution in [3.05, 3.63) is 23.8 Å². The van der Waals surface area contributed by atoms with Crippen LogP contribution < -0.4 is 0 Å². The number of hydrogen-bond donors (Lipinski definition) is 3. The monoisotopic (exact) mass is 279 g/mol. The van der Waals surface area contributed by atoms with E-state index in [1.807, 2.05) is 6.92 Å². The van der Waals surface area contributed by atoms with Crippen LogP contribution in [0.3, 0.4) is 0 Å². The molecular formula is C15H21NO4. The molecule has 0 amide bonds. The van der Waals surface area contributed by atoms with Crippen molar-refractivity contribution in [1.29, 1.82) is 0 Å². The molecule has 0 spiro atoms. The number of phenols is 2. The van der Waals surface area contributed by atoms with Gasteiger partial charge in [-0.05, 0) is 50.9 Å². The van der Waals surface area contributed by atoms with Gasteiger partial charge < -0.3 is 15.3 Å². The fraction of sp³-hybridized carbons (Fsp3) is 0.533. The van der Waals surface area contributed by atoms with Gasteiger partial charge in [0.25, 0.3) is 0 Å². The van der Waals surface area contributed by atoms with Crippen LogP contribution in [0.2, 0.25) is 0 Å². The Labute approximate surface area is 118 Å². The van der Waals surface area contributed by atoms with E-state index in [0.717, 1.165) is 25.9 Å². The molecule has 1 heterocycles. The fourth-order valence-corrected chi connectivity index (χ4v) is 2.94. The SMILES string of the molecule is CC(c1c(O)cccc1O)N1CCC(CC(=O)O)CC1. The summed E-state index contributed by atoms with van der Waals surface area (Å²) >= 11 is 0. The van der Waals surface area contributed by atoms with Crippen molar-refractivity contribution in [3.63, 3.8) is 0 Å². The smallest absolute Gasteiger partial charge is 0.303 e. The molecule has 0 aliphatic carbocycles. The quantitative estimate of drug-likeness (QED) is 0.788. The number of likely N-dealkylation sites (tertiary alicyclic amines) is 1. The molecule has 1 saturated heterocycles. The molecular weight excluding hydrogens is 258 g/mol. The summed E-state index contributed by atoms with van der Waals surface area (Å²) < 4.78 is 0. The largest absolute Gasteiger partial charge is 0.507 e. The normalized spacial score (nSPS) is 18.9. The molecule has 1 aromatic carbocycles. The molecule has 1 aliphatic heterocycles. The maximum Gasteiger partial charge on any atom is 0.303 e. The minimum absolute atomic E-state index is 0.0815. The van der Waals surface area contributed by atoms with Crippen LogP contribution in [-0.4, -0.2) is 39.3 Å². The lowest BCUT2D eigenvalue weighted by atomic mass is 9.92. The topological polar surface area (TPSA) is 81.0 Å². The first kappa shape index (κ1) is 14.7. The number of aromatic hydroxyl groups is 2. The van der Waals surface area contributed by atoms with E-state index in [4.69, 9.17) is 5.11 Å². The minimum atomic E-state index is -0.741. The maximum atomic E-state index is 10.7. The van der Waals surface area contributed by atoms with Crippen LogP contribution in [0.15, 0.2) is 18.2 Å². The number of hydrogen-bond acceptors (Lipinski definition) is 4. The van der Waals surface area contributed by atoms with Crippen molar-refractivity contribution in [1.82, 2.24) is 4.90 Å². The Balaban J connectivity index is 2.01. The van der Waals surface area contributed by atoms with Gasteiger partial charge in [0, 0.05) is 12.5 Å². The van der Waals surface area contributed by atoms with Crippen LogP contribution in [0.25, 0.3) is 0 Å². The van der Waals surface area contributed by atoms with Crippen molar-refractivity contribution in [2.24, 2.45) is 5.92 Å². The second-order valence-electron chi connectivity index (χ2n) is 5.46. The van der Waals surface area contributed by atoms with E-state index >= 15 is 0 Å². The summed E-state index contributed by atoms with van der Waals surface area (Å²) in [5, 5.41) is 28.6. The molecule has 1 atom stereocenters. The van der Waals surface area contributed by atoms with Crippen molar-refractivity contribution < 1.29 is 20.1 Å². The lowest BCUT2D eigenvalue weighted by Gasteiger charge is -2.36. The van der Waals surface area contributed by atoms with Gasteiger partial charge in [0.05, 0.1) is 5.56 Å². The Bertz CT molecular complexity index is 461. The molecule has 0 saturated carbocycles. The van der Waals surface area contributed by atoms with Gasteiger partial charge in [-0.25, -0.2) is 0 Å². The first-order chi connectivity index (χ1) is 9.49. The highest BCUT2D eigenvalue weighted by molar-refractivity contribution is 5.67. The summed E-state index contributed by atoms with van der Waals surface area (Å²) in [4.78, 5) is 12.9. The summed E-state index contributed by atoms with van der Waals surface area (Å²) in [6.07, 6.45) is 1.90. The standard InChI is InChI=1S/C15H21NO4/c1-10(15-12(17)3-2-4-13(15)18)16-7-5-11(6-8-16)9-14(19)20/h2-4,10-11,17-18H,5-9H2,1H3,(H,19,20). The molecule has 1 unspecified atom stereocenters. The van der Waals surface area contributed by atoms with E-state index in [1.54, 1.807) is 18.2 Å². The number of benzene rings is 1. The second kappa shape index (κ2) is 6.13. The van der Waals surface area contributed by atoms with E-state index in [2.05, 4.69) is 4.90 Å². The van der Waals surface area contributed by atoms with Crippen molar-refractivity contribution in [3.8, 4) is 11.5 Å². The number of phenolic OH excluding ortho intramolecular Hbond substituents is 2. The zero-order chi connectivity index (χ0) is 14.7. The summed E-state index contributed by atoms with van der Waals surface area (Å²) in [7, 11) is 0. The first-order valence-electron chi connectivity index (χ1n) is 6.95. The van der Waals surface area contributed by atoms with Gasteiger partial charge in [-0.15, -0.1) is 0 Å². The fourth-order valence-electron chi connectivity index (χ4n) is 2.94. The summed E-state index contributed by atoms with van der Waals surface area (Å²) in [6.45, 7) is 3.52. The van der Waals surface area contributed by atoms with E-state index in [0.29, 0.717) is 5.56 Å². The lowest BCUT2D eigenvalue weighted by Crippen LogP contribution is -2.36. The molecule has 1 aliphatic rings. The Morgan fingerprint density at radius 2 is 1.85 bits per heavy atom. The predicted octanol–water partition coefficient (Wildman–Crippen LogP) is 2.35. The van der Waals surface area contributed by atoms with Crippen LogP contribution >= 0.6 is 0 Å². The number of rotatable bonds is 4. The van der Waals surface area contributed by atoms with Crippen LogP contribution in [0.5, 0.6) is 11.5 Å². The van der Waals surface area contributed by atoms with Crippen LogP contribution in [0, 0.1) is 5.92 Å². The molecule has 20 heavy (non-hydrogen) atoms. The Kier molecular flexibility index (Phi) is 4.49. The van der Waals surface area contributed by atoms with Gasteiger partial charge in [0.2, 0.25) is 0 Å². The Morgan fingerprint density at radius 3 is 2.35 bits per heavy atom. The number of piperidine rings is 1. The average molecular weight is 279 g/mol. The van der Waals surface area contributed by atoms with Crippen molar-refractivity contribution in [2.45, 2.75) is 32.2 Å². The van der Waals surface area contributed by atoms with Gasteiger partial charge in [0.1, 0.15) is 11.5 Å². The molecule has 3 N–H and O–H groups in total. The van der Waals surface area contributed by atoms with Crippen LogP contribution in [0.1, 0.15) is 37.8 Å². The van der Waals surface area contributed by atoms with Crippen LogP contribution in [-0.2, 0) is 4.79 Å². The highest BCUT2D eigenvalue weighted by Gasteiger charge is 2.27. The van der Waals surface area contributed by atoms with Gasteiger partial charge >= 0.3 is 5.97 Å². The number of carbonyl (C=O) groups is 1. The number of aliphatic carboxylic acids is 1. The molecule has 5 heteroatoms. The highest BCUT2D eigenvalue weighted by Crippen LogP contribution is 2.37.